The Hall–Kier alpha value is -0.920. The number of nitrogens with one attached hydrogen (secondary N) is 1. The van der Waals surface area contributed by atoms with Crippen LogP contribution in [0.25, 0.3) is 0 Å². The number of hydrogen-bond donors (Lipinski definition) is 2. The highest BCUT2D eigenvalue weighted by Crippen LogP contribution is 2.30. The molecule has 2 N–H and O–H groups in total. The van der Waals surface area contributed by atoms with Crippen LogP contribution in [-0.2, 0) is 16.6 Å². The van der Waals surface area contributed by atoms with Crippen molar-refractivity contribution in [1.29, 1.82) is 0 Å². The van der Waals surface area contributed by atoms with Gasteiger partial charge in [0.2, 0.25) is 0 Å². The number of sulfonamides is 1. The van der Waals surface area contributed by atoms with Crippen LogP contribution in [0.3, 0.4) is 0 Å². The molecule has 2 rings (SSSR count). The summed E-state index contributed by atoms with van der Waals surface area (Å²) < 4.78 is 28.2. The van der Waals surface area contributed by atoms with E-state index in [1.165, 1.54) is 6.20 Å². The van der Waals surface area contributed by atoms with Gasteiger partial charge in [-0.3, -0.25) is 0 Å². The zero-order valence-corrected chi connectivity index (χ0v) is 11.5. The van der Waals surface area contributed by atoms with Crippen LogP contribution in [0.1, 0.15) is 32.0 Å². The van der Waals surface area contributed by atoms with Crippen LogP contribution in [-0.4, -0.2) is 35.2 Å². The Labute approximate surface area is 107 Å². The van der Waals surface area contributed by atoms with E-state index < -0.39 is 15.6 Å². The molecule has 6 nitrogen and oxygen atoms in total. The van der Waals surface area contributed by atoms with Gasteiger partial charge in [0.25, 0.3) is 10.0 Å². The summed E-state index contributed by atoms with van der Waals surface area (Å²) in [5, 5.41) is 9.89. The van der Waals surface area contributed by atoms with Crippen LogP contribution in [0.5, 0.6) is 0 Å². The molecule has 0 bridgehead atoms. The van der Waals surface area contributed by atoms with Crippen LogP contribution >= 0.6 is 0 Å². The molecule has 1 aromatic rings. The fourth-order valence-corrected chi connectivity index (χ4v) is 3.12. The average molecular weight is 273 g/mol. The van der Waals surface area contributed by atoms with Crippen LogP contribution < -0.4 is 4.72 Å². The van der Waals surface area contributed by atoms with Gasteiger partial charge in [0.15, 0.2) is 5.03 Å². The summed E-state index contributed by atoms with van der Waals surface area (Å²) in [6, 6.07) is 0. The van der Waals surface area contributed by atoms with Crippen LogP contribution in [0.2, 0.25) is 0 Å². The molecule has 0 atom stereocenters. The maximum Gasteiger partial charge on any atom is 0.259 e. The molecule has 7 heteroatoms. The number of nitrogens with zero attached hydrogens (tertiary/aromatic N) is 2. The average Bonchev–Trinajstić information content (AvgIpc) is 2.66. The monoisotopic (exact) mass is 273 g/mol. The molecule has 0 saturated heterocycles. The summed E-state index contributed by atoms with van der Waals surface area (Å²) in [7, 11) is -3.62. The van der Waals surface area contributed by atoms with Crippen molar-refractivity contribution in [2.45, 2.75) is 50.3 Å². The van der Waals surface area contributed by atoms with E-state index in [-0.39, 0.29) is 11.6 Å². The highest BCUT2D eigenvalue weighted by Gasteiger charge is 2.35. The smallest absolute Gasteiger partial charge is 0.259 e. The van der Waals surface area contributed by atoms with Gasteiger partial charge in [0.05, 0.1) is 5.60 Å². The Morgan fingerprint density at radius 2 is 2.22 bits per heavy atom. The van der Waals surface area contributed by atoms with E-state index >= 15 is 0 Å². The molecule has 0 aliphatic heterocycles. The van der Waals surface area contributed by atoms with Crippen molar-refractivity contribution in [2.24, 2.45) is 0 Å². The van der Waals surface area contributed by atoms with Crippen molar-refractivity contribution >= 4 is 10.0 Å². The molecule has 1 aliphatic rings. The minimum absolute atomic E-state index is 0.0183. The van der Waals surface area contributed by atoms with Crippen molar-refractivity contribution in [2.75, 3.05) is 6.54 Å². The zero-order chi connectivity index (χ0) is 13.4. The predicted molar refractivity (Wildman–Crippen MR) is 66.6 cm³/mol. The van der Waals surface area contributed by atoms with Gasteiger partial charge >= 0.3 is 0 Å². The maximum atomic E-state index is 12.0. The second-order valence-corrected chi connectivity index (χ2v) is 6.53. The first-order valence-electron chi connectivity index (χ1n) is 6.12. The molecule has 18 heavy (non-hydrogen) atoms. The topological polar surface area (TPSA) is 84.2 Å². The van der Waals surface area contributed by atoms with Crippen LogP contribution in [0, 0.1) is 6.92 Å². The Kier molecular flexibility index (Phi) is 3.48. The van der Waals surface area contributed by atoms with Gasteiger partial charge in [-0.15, -0.1) is 0 Å². The van der Waals surface area contributed by atoms with E-state index in [2.05, 4.69) is 9.71 Å². The molecule has 0 unspecified atom stereocenters. The summed E-state index contributed by atoms with van der Waals surface area (Å²) in [5.74, 6) is 0.667. The van der Waals surface area contributed by atoms with Gasteiger partial charge in [-0.1, -0.05) is 0 Å². The molecule has 102 valence electrons. The molecule has 0 aromatic carbocycles. The number of hydrogen-bond acceptors (Lipinski definition) is 4. The molecule has 0 spiro atoms. The highest BCUT2D eigenvalue weighted by molar-refractivity contribution is 7.89. The Morgan fingerprint density at radius 1 is 1.56 bits per heavy atom. The third kappa shape index (κ3) is 2.57. The first-order valence-corrected chi connectivity index (χ1v) is 7.60. The lowest BCUT2D eigenvalue weighted by molar-refractivity contribution is -0.0271. The lowest BCUT2D eigenvalue weighted by atomic mass is 9.81. The summed E-state index contributed by atoms with van der Waals surface area (Å²) in [6.07, 6.45) is 3.76. The number of aryl methyl sites for hydroxylation is 2. The zero-order valence-electron chi connectivity index (χ0n) is 10.7. The second kappa shape index (κ2) is 4.64. The first kappa shape index (κ1) is 13.5. The van der Waals surface area contributed by atoms with Gasteiger partial charge < -0.3 is 9.67 Å². The van der Waals surface area contributed by atoms with Gasteiger partial charge in [0.1, 0.15) is 5.82 Å². The minimum atomic E-state index is -3.62. The van der Waals surface area contributed by atoms with Crippen molar-refractivity contribution in [1.82, 2.24) is 14.3 Å². The Morgan fingerprint density at radius 3 is 2.67 bits per heavy atom. The lowest BCUT2D eigenvalue weighted by Gasteiger charge is -2.36. The number of imidazole rings is 1. The first-order chi connectivity index (χ1) is 8.36. The van der Waals surface area contributed by atoms with Gasteiger partial charge in [-0.05, 0) is 33.1 Å². The molecule has 1 heterocycles. The van der Waals surface area contributed by atoms with Crippen LogP contribution in [0.4, 0.5) is 0 Å². The second-order valence-electron chi connectivity index (χ2n) is 4.81. The third-order valence-electron chi connectivity index (χ3n) is 3.45. The number of rotatable bonds is 5. The largest absolute Gasteiger partial charge is 0.389 e. The molecule has 0 amide bonds. The maximum absolute atomic E-state index is 12.0. The quantitative estimate of drug-likeness (QED) is 0.813. The molecule has 0 radical (unpaired) electrons. The molecule has 1 aromatic heterocycles. The standard InChI is InChI=1S/C11H19N3O3S/c1-3-14-7-10(13-9(14)2)18(16,17)12-8-11(15)5-4-6-11/h7,12,15H,3-6,8H2,1-2H3. The Balaban J connectivity index is 2.09. The van der Waals surface area contributed by atoms with Gasteiger partial charge in [0, 0.05) is 19.3 Å². The summed E-state index contributed by atoms with van der Waals surface area (Å²) >= 11 is 0. The number of aliphatic hydroxyl groups is 1. The summed E-state index contributed by atoms with van der Waals surface area (Å²) in [6.45, 7) is 4.43. The van der Waals surface area contributed by atoms with E-state index in [1.807, 2.05) is 6.92 Å². The third-order valence-corrected chi connectivity index (χ3v) is 4.72. The fourth-order valence-electron chi connectivity index (χ4n) is 1.99. The molecular formula is C11H19N3O3S. The molecule has 1 aliphatic carbocycles. The van der Waals surface area contributed by atoms with E-state index in [4.69, 9.17) is 0 Å². The summed E-state index contributed by atoms with van der Waals surface area (Å²) in [4.78, 5) is 4.03. The van der Waals surface area contributed by atoms with Crippen molar-refractivity contribution in [3.05, 3.63) is 12.0 Å². The van der Waals surface area contributed by atoms with Crippen LogP contribution in [0.15, 0.2) is 11.2 Å². The SMILES string of the molecule is CCn1cc(S(=O)(=O)NCC2(O)CCC2)nc1C. The summed E-state index contributed by atoms with van der Waals surface area (Å²) in [5.41, 5.74) is -0.866. The fraction of sp³-hybridized carbons (Fsp3) is 0.727. The molecular weight excluding hydrogens is 254 g/mol. The number of aromatic nitrogens is 2. The van der Waals surface area contributed by atoms with Crippen molar-refractivity contribution in [3.8, 4) is 0 Å². The predicted octanol–water partition coefficient (Wildman–Crippen LogP) is 0.405. The molecule has 1 fully saturated rings. The highest BCUT2D eigenvalue weighted by atomic mass is 32.2. The normalized spacial score (nSPS) is 18.6. The van der Waals surface area contributed by atoms with Crippen molar-refractivity contribution < 1.29 is 13.5 Å². The van der Waals surface area contributed by atoms with Crippen molar-refractivity contribution in [3.63, 3.8) is 0 Å². The van der Waals surface area contributed by atoms with E-state index in [1.54, 1.807) is 11.5 Å². The molecule has 1 saturated carbocycles. The lowest BCUT2D eigenvalue weighted by Crippen LogP contribution is -2.47. The van der Waals surface area contributed by atoms with E-state index in [9.17, 15) is 13.5 Å². The van der Waals surface area contributed by atoms with E-state index in [0.29, 0.717) is 25.2 Å². The van der Waals surface area contributed by atoms with Gasteiger partial charge in [-0.25, -0.2) is 18.1 Å². The Bertz CT molecular complexity index is 532. The van der Waals surface area contributed by atoms with E-state index in [0.717, 1.165) is 6.42 Å². The minimum Gasteiger partial charge on any atom is -0.389 e. The van der Waals surface area contributed by atoms with Gasteiger partial charge in [-0.2, -0.15) is 0 Å².